The molecule has 0 atom stereocenters. The molecule has 2 N–H and O–H groups in total. The number of hydrogen-bond acceptors (Lipinski definition) is 3. The van der Waals surface area contributed by atoms with E-state index in [9.17, 15) is 4.79 Å². The van der Waals surface area contributed by atoms with Crippen molar-refractivity contribution in [3.05, 3.63) is 46.6 Å². The van der Waals surface area contributed by atoms with Crippen LogP contribution in [-0.2, 0) is 11.3 Å². The molecule has 4 nitrogen and oxygen atoms in total. The molecule has 1 aromatic heterocycles. The van der Waals surface area contributed by atoms with E-state index in [-0.39, 0.29) is 5.91 Å². The van der Waals surface area contributed by atoms with Gasteiger partial charge >= 0.3 is 0 Å². The number of amides is 1. The molecule has 1 heterocycles. The molecule has 0 aliphatic heterocycles. The summed E-state index contributed by atoms with van der Waals surface area (Å²) in [6, 6.07) is 11.7. The number of rotatable bonds is 6. The van der Waals surface area contributed by atoms with Crippen LogP contribution in [0.3, 0.4) is 0 Å². The highest BCUT2D eigenvalue weighted by atomic mass is 79.9. The zero-order chi connectivity index (χ0) is 16.7. The van der Waals surface area contributed by atoms with E-state index in [1.54, 1.807) is 0 Å². The Morgan fingerprint density at radius 1 is 1.22 bits per heavy atom. The third kappa shape index (κ3) is 5.80. The van der Waals surface area contributed by atoms with E-state index >= 15 is 0 Å². The molecule has 0 saturated heterocycles. The highest BCUT2D eigenvalue weighted by Gasteiger charge is 2.07. The molecule has 0 aliphatic carbocycles. The van der Waals surface area contributed by atoms with Crippen LogP contribution in [0.15, 0.2) is 45.3 Å². The van der Waals surface area contributed by atoms with Gasteiger partial charge in [0.25, 0.3) is 0 Å². The Bertz CT molecular complexity index is 667. The van der Waals surface area contributed by atoms with Gasteiger partial charge in [0.1, 0.15) is 11.5 Å². The first-order chi connectivity index (χ1) is 11.1. The molecule has 0 unspecified atom stereocenters. The number of thiocarbonyl (C=S) groups is 1. The summed E-state index contributed by atoms with van der Waals surface area (Å²) in [5.41, 5.74) is 1.01. The molecule has 122 valence electrons. The van der Waals surface area contributed by atoms with Crippen LogP contribution in [0.5, 0.6) is 0 Å². The number of carbonyl (C=O) groups is 1. The number of nitrogens with one attached hydrogen (secondary N) is 2. The van der Waals surface area contributed by atoms with Gasteiger partial charge in [0.05, 0.1) is 6.54 Å². The molecule has 0 saturated carbocycles. The number of unbranched alkanes of at least 4 members (excludes halogenated alkanes) is 1. The van der Waals surface area contributed by atoms with Crippen molar-refractivity contribution in [1.29, 1.82) is 0 Å². The van der Waals surface area contributed by atoms with Crippen molar-refractivity contribution in [2.75, 3.05) is 0 Å². The van der Waals surface area contributed by atoms with Gasteiger partial charge in [-0.05, 0) is 42.9 Å². The number of halogens is 1. The first-order valence-electron chi connectivity index (χ1n) is 7.51. The van der Waals surface area contributed by atoms with E-state index in [2.05, 4.69) is 26.6 Å². The molecule has 0 bridgehead atoms. The fraction of sp³-hybridized carbons (Fsp3) is 0.294. The van der Waals surface area contributed by atoms with Gasteiger partial charge in [0.2, 0.25) is 5.91 Å². The highest BCUT2D eigenvalue weighted by molar-refractivity contribution is 9.10. The fourth-order valence-electron chi connectivity index (χ4n) is 1.98. The van der Waals surface area contributed by atoms with Crippen molar-refractivity contribution in [3.8, 4) is 11.3 Å². The summed E-state index contributed by atoms with van der Waals surface area (Å²) in [5.74, 6) is 1.50. The summed E-state index contributed by atoms with van der Waals surface area (Å²) in [7, 11) is 0. The molecule has 0 fully saturated rings. The predicted molar refractivity (Wildman–Crippen MR) is 98.9 cm³/mol. The van der Waals surface area contributed by atoms with Crippen LogP contribution in [-0.4, -0.2) is 11.0 Å². The molecule has 2 rings (SSSR count). The molecular formula is C17H19BrN2O2S. The lowest BCUT2D eigenvalue weighted by molar-refractivity contribution is -0.119. The minimum absolute atomic E-state index is 0.0562. The molecule has 6 heteroatoms. The summed E-state index contributed by atoms with van der Waals surface area (Å²) in [5, 5.41) is 5.97. The van der Waals surface area contributed by atoms with Crippen molar-refractivity contribution in [2.45, 2.75) is 32.7 Å². The third-order valence-corrected chi connectivity index (χ3v) is 4.00. The molecule has 1 amide bonds. The van der Waals surface area contributed by atoms with E-state index in [1.165, 1.54) is 0 Å². The maximum Gasteiger partial charge on any atom is 0.226 e. The van der Waals surface area contributed by atoms with E-state index in [0.29, 0.717) is 18.1 Å². The normalized spacial score (nSPS) is 10.3. The second kappa shape index (κ2) is 8.84. The zero-order valence-corrected chi connectivity index (χ0v) is 15.3. The van der Waals surface area contributed by atoms with Crippen molar-refractivity contribution in [1.82, 2.24) is 10.6 Å². The minimum atomic E-state index is -0.0562. The lowest BCUT2D eigenvalue weighted by Gasteiger charge is -2.08. The second-order valence-electron chi connectivity index (χ2n) is 5.11. The molecule has 0 radical (unpaired) electrons. The zero-order valence-electron chi connectivity index (χ0n) is 12.9. The van der Waals surface area contributed by atoms with E-state index in [4.69, 9.17) is 16.6 Å². The van der Waals surface area contributed by atoms with Gasteiger partial charge in [0.15, 0.2) is 5.11 Å². The molecule has 0 aliphatic rings. The fourth-order valence-corrected chi connectivity index (χ4v) is 2.43. The van der Waals surface area contributed by atoms with Crippen LogP contribution in [0.2, 0.25) is 0 Å². The lowest BCUT2D eigenvalue weighted by Crippen LogP contribution is -2.38. The maximum atomic E-state index is 11.6. The molecule has 2 aromatic rings. The van der Waals surface area contributed by atoms with Crippen molar-refractivity contribution >= 4 is 39.2 Å². The first-order valence-corrected chi connectivity index (χ1v) is 8.71. The van der Waals surface area contributed by atoms with Gasteiger partial charge in [-0.1, -0.05) is 41.4 Å². The summed E-state index contributed by atoms with van der Waals surface area (Å²) in [6.07, 6.45) is 2.34. The predicted octanol–water partition coefficient (Wildman–Crippen LogP) is 4.39. The van der Waals surface area contributed by atoms with Gasteiger partial charge < -0.3 is 15.1 Å². The topological polar surface area (TPSA) is 54.3 Å². The minimum Gasteiger partial charge on any atom is -0.459 e. The maximum absolute atomic E-state index is 11.6. The van der Waals surface area contributed by atoms with Crippen LogP contribution in [0.25, 0.3) is 11.3 Å². The number of benzene rings is 1. The largest absolute Gasteiger partial charge is 0.459 e. The third-order valence-electron chi connectivity index (χ3n) is 3.22. The van der Waals surface area contributed by atoms with E-state index in [1.807, 2.05) is 43.3 Å². The van der Waals surface area contributed by atoms with Crippen LogP contribution >= 0.6 is 28.1 Å². The standard InChI is InChI=1S/C17H19BrN2O2S/c1-2-3-4-16(21)20-17(23)19-11-14-9-10-15(22-14)12-5-7-13(18)8-6-12/h5-10H,2-4,11H2,1H3,(H2,19,20,21,23). The van der Waals surface area contributed by atoms with Crippen molar-refractivity contribution in [3.63, 3.8) is 0 Å². The summed E-state index contributed by atoms with van der Waals surface area (Å²) < 4.78 is 6.81. The van der Waals surface area contributed by atoms with Crippen molar-refractivity contribution in [2.24, 2.45) is 0 Å². The SMILES string of the molecule is CCCCC(=O)NC(=S)NCc1ccc(-c2ccc(Br)cc2)o1. The molecular weight excluding hydrogens is 376 g/mol. The number of hydrogen-bond donors (Lipinski definition) is 2. The Hall–Kier alpha value is -1.66. The average Bonchev–Trinajstić information content (AvgIpc) is 3.00. The summed E-state index contributed by atoms with van der Waals surface area (Å²) in [6.45, 7) is 2.48. The van der Waals surface area contributed by atoms with Crippen LogP contribution < -0.4 is 10.6 Å². The van der Waals surface area contributed by atoms with Gasteiger partial charge in [-0.3, -0.25) is 4.79 Å². The van der Waals surface area contributed by atoms with Gasteiger partial charge in [0, 0.05) is 16.5 Å². The first kappa shape index (κ1) is 17.7. The molecule has 23 heavy (non-hydrogen) atoms. The van der Waals surface area contributed by atoms with Gasteiger partial charge in [-0.15, -0.1) is 0 Å². The van der Waals surface area contributed by atoms with E-state index in [0.717, 1.165) is 34.4 Å². The average molecular weight is 395 g/mol. The Labute approximate surface area is 149 Å². The van der Waals surface area contributed by atoms with Crippen molar-refractivity contribution < 1.29 is 9.21 Å². The monoisotopic (exact) mass is 394 g/mol. The highest BCUT2D eigenvalue weighted by Crippen LogP contribution is 2.23. The summed E-state index contributed by atoms with van der Waals surface area (Å²) in [4.78, 5) is 11.6. The number of furan rings is 1. The van der Waals surface area contributed by atoms with Crippen LogP contribution in [0.1, 0.15) is 31.9 Å². The Morgan fingerprint density at radius 2 is 1.96 bits per heavy atom. The summed E-state index contributed by atoms with van der Waals surface area (Å²) >= 11 is 8.51. The quantitative estimate of drug-likeness (QED) is 0.713. The molecule has 1 aromatic carbocycles. The van der Waals surface area contributed by atoms with Gasteiger partial charge in [-0.2, -0.15) is 0 Å². The van der Waals surface area contributed by atoms with Crippen LogP contribution in [0.4, 0.5) is 0 Å². The Morgan fingerprint density at radius 3 is 2.65 bits per heavy atom. The van der Waals surface area contributed by atoms with Crippen LogP contribution in [0, 0.1) is 0 Å². The number of carbonyl (C=O) groups excluding carboxylic acids is 1. The lowest BCUT2D eigenvalue weighted by atomic mass is 10.2. The molecule has 0 spiro atoms. The Kier molecular flexibility index (Phi) is 6.80. The Balaban J connectivity index is 1.84. The van der Waals surface area contributed by atoms with E-state index < -0.39 is 0 Å². The second-order valence-corrected chi connectivity index (χ2v) is 6.43. The van der Waals surface area contributed by atoms with Gasteiger partial charge in [-0.25, -0.2) is 0 Å². The smallest absolute Gasteiger partial charge is 0.226 e.